The normalized spacial score (nSPS) is 17.2. The summed E-state index contributed by atoms with van der Waals surface area (Å²) < 4.78 is 1.13. The Kier molecular flexibility index (Phi) is 4.36. The molecule has 0 spiro atoms. The number of pyridine rings is 1. The molecule has 1 aromatic carbocycles. The Morgan fingerprint density at radius 3 is 3.16 bits per heavy atom. The molecule has 0 saturated carbocycles. The van der Waals surface area contributed by atoms with E-state index in [-0.39, 0.29) is 11.9 Å². The number of benzene rings is 1. The zero-order chi connectivity index (χ0) is 17.2. The van der Waals surface area contributed by atoms with Crippen LogP contribution in [-0.4, -0.2) is 35.0 Å². The molecule has 1 N–H and O–H groups in total. The van der Waals surface area contributed by atoms with Gasteiger partial charge in [-0.1, -0.05) is 6.07 Å². The molecule has 1 aliphatic rings. The largest absolute Gasteiger partial charge is 0.368 e. The summed E-state index contributed by atoms with van der Waals surface area (Å²) in [6.07, 6.45) is 5.13. The molecule has 4 rings (SSSR count). The number of amides is 1. The average Bonchev–Trinajstić information content (AvgIpc) is 3.23. The highest BCUT2D eigenvalue weighted by Gasteiger charge is 2.24. The zero-order valence-electron chi connectivity index (χ0n) is 14.1. The molecular formula is C19H20N4OS. The summed E-state index contributed by atoms with van der Waals surface area (Å²) in [5, 5.41) is 3.17. The van der Waals surface area contributed by atoms with Crippen molar-refractivity contribution < 1.29 is 4.79 Å². The maximum atomic E-state index is 12.4. The van der Waals surface area contributed by atoms with Gasteiger partial charge in [-0.15, -0.1) is 11.3 Å². The predicted molar refractivity (Wildman–Crippen MR) is 101 cm³/mol. The van der Waals surface area contributed by atoms with Crippen molar-refractivity contribution in [3.05, 3.63) is 53.3 Å². The van der Waals surface area contributed by atoms with E-state index in [2.05, 4.69) is 32.3 Å². The third-order valence-electron chi connectivity index (χ3n) is 4.54. The van der Waals surface area contributed by atoms with Crippen LogP contribution in [0.1, 0.15) is 17.5 Å². The molecule has 1 saturated heterocycles. The van der Waals surface area contributed by atoms with E-state index in [1.165, 1.54) is 0 Å². The van der Waals surface area contributed by atoms with E-state index in [0.29, 0.717) is 6.42 Å². The van der Waals surface area contributed by atoms with Crippen molar-refractivity contribution in [2.24, 2.45) is 0 Å². The van der Waals surface area contributed by atoms with E-state index in [9.17, 15) is 4.79 Å². The molecule has 1 aliphatic heterocycles. The number of hydrogen-bond donors (Lipinski definition) is 1. The van der Waals surface area contributed by atoms with E-state index in [4.69, 9.17) is 0 Å². The molecule has 3 aromatic rings. The summed E-state index contributed by atoms with van der Waals surface area (Å²) >= 11 is 1.61. The lowest BCUT2D eigenvalue weighted by molar-refractivity contribution is -0.121. The lowest BCUT2D eigenvalue weighted by Crippen LogP contribution is -2.38. The van der Waals surface area contributed by atoms with Crippen LogP contribution < -0.4 is 10.2 Å². The molecule has 1 fully saturated rings. The van der Waals surface area contributed by atoms with Gasteiger partial charge in [0.15, 0.2) is 0 Å². The maximum Gasteiger partial charge on any atom is 0.224 e. The van der Waals surface area contributed by atoms with Crippen LogP contribution in [0.4, 0.5) is 5.69 Å². The Balaban J connectivity index is 1.35. The number of carbonyl (C=O) groups is 1. The van der Waals surface area contributed by atoms with Gasteiger partial charge in [0.1, 0.15) is 0 Å². The third-order valence-corrected chi connectivity index (χ3v) is 5.33. The number of nitrogens with one attached hydrogen (secondary N) is 1. The SMILES string of the molecule is Cc1cncc(N2CC[C@@H](NC(=O)Cc3ccc4ncsc4c3)C2)c1. The van der Waals surface area contributed by atoms with Gasteiger partial charge < -0.3 is 10.2 Å². The van der Waals surface area contributed by atoms with Crippen molar-refractivity contribution >= 4 is 33.1 Å². The van der Waals surface area contributed by atoms with Gasteiger partial charge >= 0.3 is 0 Å². The molecule has 1 amide bonds. The van der Waals surface area contributed by atoms with Crippen molar-refractivity contribution in [3.63, 3.8) is 0 Å². The number of aromatic nitrogens is 2. The highest BCUT2D eigenvalue weighted by Crippen LogP contribution is 2.21. The fourth-order valence-corrected chi connectivity index (χ4v) is 4.04. The summed E-state index contributed by atoms with van der Waals surface area (Å²) in [5.74, 6) is 0.0816. The number of aryl methyl sites for hydroxylation is 1. The minimum absolute atomic E-state index is 0.0816. The van der Waals surface area contributed by atoms with Gasteiger partial charge in [-0.05, 0) is 42.7 Å². The summed E-state index contributed by atoms with van der Waals surface area (Å²) in [6, 6.07) is 8.37. The summed E-state index contributed by atoms with van der Waals surface area (Å²) in [6.45, 7) is 3.83. The number of thiazole rings is 1. The number of hydrogen-bond acceptors (Lipinski definition) is 5. The van der Waals surface area contributed by atoms with Crippen LogP contribution in [0, 0.1) is 6.92 Å². The van der Waals surface area contributed by atoms with Crippen molar-refractivity contribution in [2.45, 2.75) is 25.8 Å². The average molecular weight is 352 g/mol. The minimum Gasteiger partial charge on any atom is -0.368 e. The number of rotatable bonds is 4. The first kappa shape index (κ1) is 16.0. The summed E-state index contributed by atoms with van der Waals surface area (Å²) in [5.41, 5.74) is 6.15. The number of fused-ring (bicyclic) bond motifs is 1. The monoisotopic (exact) mass is 352 g/mol. The lowest BCUT2D eigenvalue weighted by atomic mass is 10.1. The van der Waals surface area contributed by atoms with Crippen LogP contribution in [0.25, 0.3) is 10.2 Å². The van der Waals surface area contributed by atoms with Crippen LogP contribution in [0.15, 0.2) is 42.2 Å². The molecular weight excluding hydrogens is 332 g/mol. The Morgan fingerprint density at radius 2 is 2.28 bits per heavy atom. The zero-order valence-corrected chi connectivity index (χ0v) is 14.9. The quantitative estimate of drug-likeness (QED) is 0.784. The second-order valence-corrected chi connectivity index (χ2v) is 7.44. The molecule has 0 radical (unpaired) electrons. The van der Waals surface area contributed by atoms with Crippen LogP contribution >= 0.6 is 11.3 Å². The topological polar surface area (TPSA) is 58.1 Å². The minimum atomic E-state index is 0.0816. The fraction of sp³-hybridized carbons (Fsp3) is 0.316. The van der Waals surface area contributed by atoms with E-state index >= 15 is 0 Å². The van der Waals surface area contributed by atoms with Crippen molar-refractivity contribution in [1.29, 1.82) is 0 Å². The van der Waals surface area contributed by atoms with Gasteiger partial charge in [0, 0.05) is 25.3 Å². The number of carbonyl (C=O) groups excluding carboxylic acids is 1. The molecule has 3 heterocycles. The van der Waals surface area contributed by atoms with E-state index < -0.39 is 0 Å². The van der Waals surface area contributed by atoms with Gasteiger partial charge in [0.2, 0.25) is 5.91 Å². The highest BCUT2D eigenvalue weighted by molar-refractivity contribution is 7.16. The molecule has 2 aromatic heterocycles. The molecule has 6 heteroatoms. The molecule has 0 bridgehead atoms. The van der Waals surface area contributed by atoms with Gasteiger partial charge in [0.05, 0.1) is 34.0 Å². The molecule has 0 unspecified atom stereocenters. The standard InChI is InChI=1S/C19H20N4OS/c1-13-6-16(10-20-9-13)23-5-4-15(11-23)22-19(24)8-14-2-3-17-18(7-14)25-12-21-17/h2-3,6-7,9-10,12,15H,4-5,8,11H2,1H3,(H,22,24)/t15-/m1/s1. The molecule has 5 nitrogen and oxygen atoms in total. The number of nitrogens with zero attached hydrogens (tertiary/aromatic N) is 3. The smallest absolute Gasteiger partial charge is 0.224 e. The van der Waals surface area contributed by atoms with Crippen molar-refractivity contribution in [3.8, 4) is 0 Å². The first-order valence-electron chi connectivity index (χ1n) is 8.45. The maximum absolute atomic E-state index is 12.4. The Hall–Kier alpha value is -2.47. The second kappa shape index (κ2) is 6.80. The van der Waals surface area contributed by atoms with Crippen LogP contribution in [0.3, 0.4) is 0 Å². The van der Waals surface area contributed by atoms with Gasteiger partial charge in [-0.2, -0.15) is 0 Å². The van der Waals surface area contributed by atoms with E-state index in [1.807, 2.05) is 37.0 Å². The van der Waals surface area contributed by atoms with Crippen LogP contribution in [-0.2, 0) is 11.2 Å². The van der Waals surface area contributed by atoms with Crippen LogP contribution in [0.2, 0.25) is 0 Å². The second-order valence-electron chi connectivity index (χ2n) is 6.55. The van der Waals surface area contributed by atoms with Gasteiger partial charge in [-0.3, -0.25) is 9.78 Å². The van der Waals surface area contributed by atoms with Gasteiger partial charge in [-0.25, -0.2) is 4.98 Å². The van der Waals surface area contributed by atoms with Crippen LogP contribution in [0.5, 0.6) is 0 Å². The molecule has 128 valence electrons. The Bertz CT molecular complexity index is 907. The fourth-order valence-electron chi connectivity index (χ4n) is 3.30. The third kappa shape index (κ3) is 3.64. The molecule has 25 heavy (non-hydrogen) atoms. The Labute approximate surface area is 150 Å². The van der Waals surface area contributed by atoms with Gasteiger partial charge in [0.25, 0.3) is 0 Å². The van der Waals surface area contributed by atoms with E-state index in [0.717, 1.165) is 46.5 Å². The summed E-state index contributed by atoms with van der Waals surface area (Å²) in [7, 11) is 0. The predicted octanol–water partition coefficient (Wildman–Crippen LogP) is 2.94. The number of anilines is 1. The lowest BCUT2D eigenvalue weighted by Gasteiger charge is -2.19. The summed E-state index contributed by atoms with van der Waals surface area (Å²) in [4.78, 5) is 23.2. The van der Waals surface area contributed by atoms with E-state index in [1.54, 1.807) is 11.3 Å². The van der Waals surface area contributed by atoms with Crippen molar-refractivity contribution in [1.82, 2.24) is 15.3 Å². The van der Waals surface area contributed by atoms with Crippen molar-refractivity contribution in [2.75, 3.05) is 18.0 Å². The molecule has 0 aliphatic carbocycles. The Morgan fingerprint density at radius 1 is 1.36 bits per heavy atom. The highest BCUT2D eigenvalue weighted by atomic mass is 32.1. The first-order valence-corrected chi connectivity index (χ1v) is 9.33. The first-order chi connectivity index (χ1) is 12.2. The molecule has 1 atom stereocenters.